The van der Waals surface area contributed by atoms with E-state index in [1.807, 2.05) is 19.1 Å². The highest BCUT2D eigenvalue weighted by Crippen LogP contribution is 2.26. The number of benzene rings is 1. The summed E-state index contributed by atoms with van der Waals surface area (Å²) in [6, 6.07) is 5.58. The zero-order valence-electron chi connectivity index (χ0n) is 8.54. The van der Waals surface area contributed by atoms with Gasteiger partial charge in [-0.3, -0.25) is 0 Å². The first-order valence-corrected chi connectivity index (χ1v) is 5.98. The Bertz CT molecular complexity index is 500. The number of rotatable bonds is 2. The molecule has 1 aromatic carbocycles. The van der Waals surface area contributed by atoms with E-state index in [1.165, 1.54) is 0 Å². The van der Waals surface area contributed by atoms with Crippen LogP contribution in [-0.4, -0.2) is 9.78 Å². The number of aryl methyl sites for hydroxylation is 1. The third kappa shape index (κ3) is 2.05. The van der Waals surface area contributed by atoms with Crippen LogP contribution in [0.5, 0.6) is 0 Å². The van der Waals surface area contributed by atoms with Crippen molar-refractivity contribution in [3.8, 4) is 5.69 Å². The first kappa shape index (κ1) is 11.8. The van der Waals surface area contributed by atoms with Crippen molar-refractivity contribution in [3.63, 3.8) is 0 Å². The van der Waals surface area contributed by atoms with Gasteiger partial charge in [-0.2, -0.15) is 5.10 Å². The van der Waals surface area contributed by atoms with Crippen LogP contribution in [0.15, 0.2) is 24.4 Å². The molecular formula is C11H9Cl3N2. The molecule has 1 heterocycles. The largest absolute Gasteiger partial charge is 0.239 e. The lowest BCUT2D eigenvalue weighted by atomic mass is 10.2. The molecule has 0 aliphatic rings. The van der Waals surface area contributed by atoms with Gasteiger partial charge in [0.2, 0.25) is 0 Å². The van der Waals surface area contributed by atoms with Gasteiger partial charge in [-0.15, -0.1) is 11.6 Å². The minimum Gasteiger partial charge on any atom is -0.239 e. The molecule has 84 valence electrons. The minimum atomic E-state index is 0.339. The van der Waals surface area contributed by atoms with E-state index in [-0.39, 0.29) is 0 Å². The number of halogens is 3. The Morgan fingerprint density at radius 3 is 2.56 bits per heavy atom. The zero-order chi connectivity index (χ0) is 11.7. The number of aromatic nitrogens is 2. The van der Waals surface area contributed by atoms with E-state index in [9.17, 15) is 0 Å². The van der Waals surface area contributed by atoms with Crippen molar-refractivity contribution in [2.75, 3.05) is 0 Å². The standard InChI is InChI=1S/C11H9Cl3N2/c1-7-10(14)6-16(15-7)11-4-2-3-9(13)8(11)5-12/h2-4,6H,5H2,1H3. The summed E-state index contributed by atoms with van der Waals surface area (Å²) in [6.07, 6.45) is 1.75. The van der Waals surface area contributed by atoms with E-state index in [2.05, 4.69) is 5.10 Å². The summed E-state index contributed by atoms with van der Waals surface area (Å²) in [5, 5.41) is 5.56. The van der Waals surface area contributed by atoms with Crippen LogP contribution in [0.1, 0.15) is 11.3 Å². The summed E-state index contributed by atoms with van der Waals surface area (Å²) in [5.74, 6) is 0.339. The van der Waals surface area contributed by atoms with Crippen LogP contribution in [-0.2, 0) is 5.88 Å². The number of hydrogen-bond donors (Lipinski definition) is 0. The average Bonchev–Trinajstić information content (AvgIpc) is 2.59. The maximum absolute atomic E-state index is 6.07. The van der Waals surface area contributed by atoms with Crippen LogP contribution in [0.4, 0.5) is 0 Å². The van der Waals surface area contributed by atoms with Gasteiger partial charge in [0.25, 0.3) is 0 Å². The molecule has 0 atom stereocenters. The van der Waals surface area contributed by atoms with Crippen LogP contribution in [0.3, 0.4) is 0 Å². The predicted molar refractivity (Wildman–Crippen MR) is 67.9 cm³/mol. The molecule has 0 saturated carbocycles. The molecular weight excluding hydrogens is 266 g/mol. The topological polar surface area (TPSA) is 17.8 Å². The van der Waals surface area contributed by atoms with Gasteiger partial charge >= 0.3 is 0 Å². The van der Waals surface area contributed by atoms with E-state index < -0.39 is 0 Å². The van der Waals surface area contributed by atoms with Gasteiger partial charge in [0, 0.05) is 16.8 Å². The van der Waals surface area contributed by atoms with E-state index in [1.54, 1.807) is 16.9 Å². The molecule has 0 aliphatic carbocycles. The van der Waals surface area contributed by atoms with Gasteiger partial charge in [-0.05, 0) is 19.1 Å². The zero-order valence-corrected chi connectivity index (χ0v) is 10.8. The third-order valence-corrected chi connectivity index (χ3v) is 3.31. The van der Waals surface area contributed by atoms with Gasteiger partial charge in [0.1, 0.15) is 0 Å². The average molecular weight is 276 g/mol. The molecule has 1 aromatic heterocycles. The lowest BCUT2D eigenvalue weighted by Crippen LogP contribution is -1.99. The molecule has 0 amide bonds. The molecule has 0 unspecified atom stereocenters. The molecule has 0 spiro atoms. The maximum Gasteiger partial charge on any atom is 0.0819 e. The van der Waals surface area contributed by atoms with Crippen molar-refractivity contribution < 1.29 is 0 Å². The second-order valence-electron chi connectivity index (χ2n) is 3.38. The Morgan fingerprint density at radius 2 is 2.00 bits per heavy atom. The molecule has 0 N–H and O–H groups in total. The highest BCUT2D eigenvalue weighted by molar-refractivity contribution is 6.32. The van der Waals surface area contributed by atoms with Crippen LogP contribution >= 0.6 is 34.8 Å². The molecule has 0 fully saturated rings. The first-order chi connectivity index (χ1) is 7.63. The van der Waals surface area contributed by atoms with E-state index >= 15 is 0 Å². The summed E-state index contributed by atoms with van der Waals surface area (Å²) in [5.41, 5.74) is 2.49. The highest BCUT2D eigenvalue weighted by Gasteiger charge is 2.10. The van der Waals surface area contributed by atoms with Crippen molar-refractivity contribution >= 4 is 34.8 Å². The second-order valence-corrected chi connectivity index (χ2v) is 4.46. The van der Waals surface area contributed by atoms with E-state index in [0.29, 0.717) is 15.9 Å². The molecule has 0 aliphatic heterocycles. The molecule has 0 bridgehead atoms. The Kier molecular flexibility index (Phi) is 3.43. The summed E-state index contributed by atoms with van der Waals surface area (Å²) in [6.45, 7) is 1.85. The minimum absolute atomic E-state index is 0.339. The Balaban J connectivity index is 2.59. The summed E-state index contributed by atoms with van der Waals surface area (Å²) in [4.78, 5) is 0. The third-order valence-electron chi connectivity index (χ3n) is 2.31. The lowest BCUT2D eigenvalue weighted by Gasteiger charge is -2.08. The monoisotopic (exact) mass is 274 g/mol. The van der Waals surface area contributed by atoms with Crippen LogP contribution < -0.4 is 0 Å². The summed E-state index contributed by atoms with van der Waals surface area (Å²) in [7, 11) is 0. The normalized spacial score (nSPS) is 10.8. The SMILES string of the molecule is Cc1nn(-c2cccc(Cl)c2CCl)cc1Cl. The number of hydrogen-bond acceptors (Lipinski definition) is 1. The smallest absolute Gasteiger partial charge is 0.0819 e. The fourth-order valence-electron chi connectivity index (χ4n) is 1.46. The van der Waals surface area contributed by atoms with Gasteiger partial charge in [0.15, 0.2) is 0 Å². The molecule has 16 heavy (non-hydrogen) atoms. The molecule has 0 saturated heterocycles. The second kappa shape index (κ2) is 4.66. The maximum atomic E-state index is 6.07. The van der Waals surface area contributed by atoms with Crippen molar-refractivity contribution in [1.29, 1.82) is 0 Å². The van der Waals surface area contributed by atoms with E-state index in [0.717, 1.165) is 16.9 Å². The van der Waals surface area contributed by atoms with E-state index in [4.69, 9.17) is 34.8 Å². The van der Waals surface area contributed by atoms with Crippen molar-refractivity contribution in [3.05, 3.63) is 45.7 Å². The van der Waals surface area contributed by atoms with Crippen LogP contribution in [0, 0.1) is 6.92 Å². The van der Waals surface area contributed by atoms with Gasteiger partial charge in [0.05, 0.1) is 22.3 Å². The van der Waals surface area contributed by atoms with Crippen molar-refractivity contribution in [2.45, 2.75) is 12.8 Å². The Labute approximate surface area is 109 Å². The van der Waals surface area contributed by atoms with Gasteiger partial charge < -0.3 is 0 Å². The van der Waals surface area contributed by atoms with Gasteiger partial charge in [-0.1, -0.05) is 29.3 Å². The van der Waals surface area contributed by atoms with Crippen LogP contribution in [0.2, 0.25) is 10.0 Å². The molecule has 2 nitrogen and oxygen atoms in total. The Hall–Kier alpha value is -0.700. The predicted octanol–water partition coefficient (Wildman–Crippen LogP) is 4.23. The quantitative estimate of drug-likeness (QED) is 0.750. The van der Waals surface area contributed by atoms with Gasteiger partial charge in [-0.25, -0.2) is 4.68 Å². The van der Waals surface area contributed by atoms with Crippen molar-refractivity contribution in [2.24, 2.45) is 0 Å². The molecule has 0 radical (unpaired) electrons. The molecule has 2 aromatic rings. The first-order valence-electron chi connectivity index (χ1n) is 4.69. The lowest BCUT2D eigenvalue weighted by molar-refractivity contribution is 0.854. The van der Waals surface area contributed by atoms with Crippen LogP contribution in [0.25, 0.3) is 5.69 Å². The number of nitrogens with zero attached hydrogens (tertiary/aromatic N) is 2. The molecule has 5 heteroatoms. The Morgan fingerprint density at radius 1 is 1.25 bits per heavy atom. The fraction of sp³-hybridized carbons (Fsp3) is 0.182. The highest BCUT2D eigenvalue weighted by atomic mass is 35.5. The summed E-state index contributed by atoms with van der Waals surface area (Å²) < 4.78 is 1.70. The van der Waals surface area contributed by atoms with Crippen molar-refractivity contribution in [1.82, 2.24) is 9.78 Å². The molecule has 2 rings (SSSR count). The summed E-state index contributed by atoms with van der Waals surface area (Å²) >= 11 is 17.9. The fourth-order valence-corrected chi connectivity index (χ4v) is 2.17. The number of alkyl halides is 1.